The molecule has 4 rings (SSSR count). The molecule has 2 aromatic rings. The van der Waals surface area contributed by atoms with Crippen molar-refractivity contribution in [2.24, 2.45) is 0 Å². The number of nitrogens with zero attached hydrogens (tertiary/aromatic N) is 3. The average molecular weight is 292 g/mol. The van der Waals surface area contributed by atoms with E-state index in [0.29, 0.717) is 0 Å². The second-order valence-electron chi connectivity index (χ2n) is 5.03. The SMILES string of the molecule is O=[N+]([O-])c1ccc(N2C=C3c4ccccc4C=CN3N2)cc1. The van der Waals surface area contributed by atoms with Crippen molar-refractivity contribution in [2.75, 3.05) is 5.01 Å². The Hall–Kier alpha value is -3.12. The fraction of sp³-hybridized carbons (Fsp3) is 0. The van der Waals surface area contributed by atoms with E-state index in [2.05, 4.69) is 17.7 Å². The molecule has 1 N–H and O–H groups in total. The Morgan fingerprint density at radius 2 is 1.77 bits per heavy atom. The molecule has 0 atom stereocenters. The molecule has 0 fully saturated rings. The minimum Gasteiger partial charge on any atom is -0.264 e. The standard InChI is InChI=1S/C16H12N4O2/c21-20(22)14-7-5-13(6-8-14)19-11-16-15-4-2-1-3-12(15)9-10-18(16)17-19/h1-11,17H. The van der Waals surface area contributed by atoms with Gasteiger partial charge in [0.05, 0.1) is 16.3 Å². The zero-order valence-corrected chi connectivity index (χ0v) is 11.5. The van der Waals surface area contributed by atoms with Crippen LogP contribution in [0.3, 0.4) is 0 Å². The van der Waals surface area contributed by atoms with Crippen LogP contribution in [0.2, 0.25) is 0 Å². The summed E-state index contributed by atoms with van der Waals surface area (Å²) < 4.78 is 0. The minimum atomic E-state index is -0.401. The second-order valence-corrected chi connectivity index (χ2v) is 5.03. The van der Waals surface area contributed by atoms with E-state index in [1.807, 2.05) is 40.6 Å². The van der Waals surface area contributed by atoms with Crippen LogP contribution in [0, 0.1) is 10.1 Å². The summed E-state index contributed by atoms with van der Waals surface area (Å²) in [6.07, 6.45) is 5.97. The van der Waals surface area contributed by atoms with Crippen molar-refractivity contribution in [3.63, 3.8) is 0 Å². The maximum Gasteiger partial charge on any atom is 0.269 e. The van der Waals surface area contributed by atoms with E-state index in [1.54, 1.807) is 12.1 Å². The number of rotatable bonds is 2. The van der Waals surface area contributed by atoms with Crippen molar-refractivity contribution in [2.45, 2.75) is 0 Å². The monoisotopic (exact) mass is 292 g/mol. The maximum atomic E-state index is 10.7. The molecule has 0 radical (unpaired) electrons. The molecule has 0 bridgehead atoms. The number of hydrazine groups is 2. The fourth-order valence-corrected chi connectivity index (χ4v) is 2.59. The predicted octanol–water partition coefficient (Wildman–Crippen LogP) is 3.12. The van der Waals surface area contributed by atoms with Gasteiger partial charge in [0.1, 0.15) is 0 Å². The van der Waals surface area contributed by atoms with Crippen LogP contribution in [0.15, 0.2) is 60.9 Å². The molecule has 0 unspecified atom stereocenters. The van der Waals surface area contributed by atoms with E-state index >= 15 is 0 Å². The van der Waals surface area contributed by atoms with Crippen molar-refractivity contribution in [3.05, 3.63) is 82.2 Å². The molecule has 6 heteroatoms. The lowest BCUT2D eigenvalue weighted by atomic mass is 10.0. The second kappa shape index (κ2) is 4.71. The fourth-order valence-electron chi connectivity index (χ4n) is 2.59. The van der Waals surface area contributed by atoms with E-state index < -0.39 is 4.92 Å². The third-order valence-electron chi connectivity index (χ3n) is 3.70. The smallest absolute Gasteiger partial charge is 0.264 e. The Bertz CT molecular complexity index is 811. The van der Waals surface area contributed by atoms with E-state index in [4.69, 9.17) is 0 Å². The Morgan fingerprint density at radius 1 is 1.00 bits per heavy atom. The molecular weight excluding hydrogens is 280 g/mol. The minimum absolute atomic E-state index is 0.0820. The van der Waals surface area contributed by atoms with Crippen LogP contribution < -0.4 is 10.5 Å². The van der Waals surface area contributed by atoms with Crippen molar-refractivity contribution >= 4 is 23.1 Å². The summed E-state index contributed by atoms with van der Waals surface area (Å²) >= 11 is 0. The number of non-ortho nitro benzene ring substituents is 1. The van der Waals surface area contributed by atoms with Gasteiger partial charge in [-0.05, 0) is 23.8 Å². The summed E-state index contributed by atoms with van der Waals surface area (Å²) in [4.78, 5) is 10.3. The van der Waals surface area contributed by atoms with Gasteiger partial charge in [-0.1, -0.05) is 24.3 Å². The van der Waals surface area contributed by atoms with Gasteiger partial charge in [-0.2, -0.15) is 0 Å². The highest BCUT2D eigenvalue weighted by molar-refractivity contribution is 5.80. The van der Waals surface area contributed by atoms with E-state index in [9.17, 15) is 10.1 Å². The molecular formula is C16H12N4O2. The molecule has 108 valence electrons. The quantitative estimate of drug-likeness (QED) is 0.680. The highest BCUT2D eigenvalue weighted by atomic mass is 16.6. The molecule has 2 aliphatic heterocycles. The third-order valence-corrected chi connectivity index (χ3v) is 3.70. The van der Waals surface area contributed by atoms with Gasteiger partial charge in [0, 0.05) is 30.1 Å². The van der Waals surface area contributed by atoms with Gasteiger partial charge in [0.15, 0.2) is 0 Å². The molecule has 2 aromatic carbocycles. The number of fused-ring (bicyclic) bond motifs is 3. The van der Waals surface area contributed by atoms with Crippen LogP contribution in [-0.4, -0.2) is 9.93 Å². The van der Waals surface area contributed by atoms with Gasteiger partial charge in [-0.15, -0.1) is 5.53 Å². The van der Waals surface area contributed by atoms with Crippen LogP contribution in [0.5, 0.6) is 0 Å². The maximum absolute atomic E-state index is 10.7. The van der Waals surface area contributed by atoms with E-state index in [0.717, 1.165) is 22.5 Å². The first-order chi connectivity index (χ1) is 10.7. The number of nitro groups is 1. The molecule has 0 saturated heterocycles. The normalized spacial score (nSPS) is 15.4. The van der Waals surface area contributed by atoms with Crippen molar-refractivity contribution in [3.8, 4) is 0 Å². The first kappa shape index (κ1) is 12.6. The van der Waals surface area contributed by atoms with Crippen LogP contribution in [0.1, 0.15) is 11.1 Å². The Labute approximate surface area is 126 Å². The zero-order valence-electron chi connectivity index (χ0n) is 11.5. The van der Waals surface area contributed by atoms with Crippen LogP contribution in [-0.2, 0) is 0 Å². The number of hydrogen-bond donors (Lipinski definition) is 1. The summed E-state index contributed by atoms with van der Waals surface area (Å²) in [5, 5.41) is 14.5. The molecule has 6 nitrogen and oxygen atoms in total. The molecule has 0 aromatic heterocycles. The molecule has 22 heavy (non-hydrogen) atoms. The average Bonchev–Trinajstić information content (AvgIpc) is 2.99. The lowest BCUT2D eigenvalue weighted by Gasteiger charge is -2.24. The molecule has 0 spiro atoms. The third kappa shape index (κ3) is 1.94. The summed E-state index contributed by atoms with van der Waals surface area (Å²) in [6.45, 7) is 0. The van der Waals surface area contributed by atoms with Gasteiger partial charge in [-0.25, -0.2) is 0 Å². The first-order valence-corrected chi connectivity index (χ1v) is 6.81. The summed E-state index contributed by atoms with van der Waals surface area (Å²) in [5.74, 6) is 0. The summed E-state index contributed by atoms with van der Waals surface area (Å²) in [7, 11) is 0. The predicted molar refractivity (Wildman–Crippen MR) is 84.0 cm³/mol. The Balaban J connectivity index is 1.69. The van der Waals surface area contributed by atoms with Gasteiger partial charge in [0.25, 0.3) is 5.69 Å². The highest BCUT2D eigenvalue weighted by Crippen LogP contribution is 2.33. The largest absolute Gasteiger partial charge is 0.269 e. The van der Waals surface area contributed by atoms with Crippen LogP contribution >= 0.6 is 0 Å². The van der Waals surface area contributed by atoms with E-state index in [-0.39, 0.29) is 5.69 Å². The van der Waals surface area contributed by atoms with Crippen molar-refractivity contribution < 1.29 is 4.92 Å². The highest BCUT2D eigenvalue weighted by Gasteiger charge is 2.25. The lowest BCUT2D eigenvalue weighted by molar-refractivity contribution is -0.384. The number of hydrogen-bond acceptors (Lipinski definition) is 5. The summed E-state index contributed by atoms with van der Waals surface area (Å²) in [6, 6.07) is 14.6. The molecule has 2 heterocycles. The van der Waals surface area contributed by atoms with Crippen molar-refractivity contribution in [1.29, 1.82) is 0 Å². The lowest BCUT2D eigenvalue weighted by Crippen LogP contribution is -2.37. The topological polar surface area (TPSA) is 61.7 Å². The van der Waals surface area contributed by atoms with Crippen LogP contribution in [0.25, 0.3) is 11.8 Å². The van der Waals surface area contributed by atoms with Gasteiger partial charge >= 0.3 is 0 Å². The Kier molecular flexibility index (Phi) is 2.70. The molecule has 2 aliphatic rings. The van der Waals surface area contributed by atoms with Gasteiger partial charge in [-0.3, -0.25) is 20.1 Å². The molecule has 0 aliphatic carbocycles. The number of anilines is 1. The number of benzene rings is 2. The zero-order chi connectivity index (χ0) is 15.1. The number of nitrogens with one attached hydrogen (secondary N) is 1. The molecule has 0 amide bonds. The van der Waals surface area contributed by atoms with Crippen LogP contribution in [0.4, 0.5) is 11.4 Å². The first-order valence-electron chi connectivity index (χ1n) is 6.81. The number of nitro benzene ring substituents is 1. The van der Waals surface area contributed by atoms with E-state index in [1.165, 1.54) is 12.1 Å². The van der Waals surface area contributed by atoms with Gasteiger partial charge < -0.3 is 0 Å². The van der Waals surface area contributed by atoms with Gasteiger partial charge in [0.2, 0.25) is 0 Å². The molecule has 0 saturated carbocycles. The van der Waals surface area contributed by atoms with Crippen molar-refractivity contribution in [1.82, 2.24) is 10.5 Å². The Morgan fingerprint density at radius 3 is 2.55 bits per heavy atom. The summed E-state index contributed by atoms with van der Waals surface area (Å²) in [5.41, 5.74) is 7.47.